The lowest BCUT2D eigenvalue weighted by Crippen LogP contribution is -2.24. The normalized spacial score (nSPS) is 23.1. The van der Waals surface area contributed by atoms with Crippen LogP contribution in [0.5, 0.6) is 0 Å². The SMILES string of the molecule is Cc1cc(NCC2CCC(O)CC2)c(C(=O)O)cn1. The fourth-order valence-electron chi connectivity index (χ4n) is 2.48. The minimum Gasteiger partial charge on any atom is -0.478 e. The van der Waals surface area contributed by atoms with Crippen LogP contribution in [-0.2, 0) is 0 Å². The van der Waals surface area contributed by atoms with E-state index in [9.17, 15) is 9.90 Å². The number of aromatic carboxylic acids is 1. The Morgan fingerprint density at radius 2 is 2.11 bits per heavy atom. The van der Waals surface area contributed by atoms with Crippen LogP contribution >= 0.6 is 0 Å². The van der Waals surface area contributed by atoms with E-state index in [1.54, 1.807) is 6.07 Å². The Balaban J connectivity index is 1.98. The Morgan fingerprint density at radius 3 is 2.74 bits per heavy atom. The van der Waals surface area contributed by atoms with Gasteiger partial charge in [0.2, 0.25) is 0 Å². The molecule has 3 N–H and O–H groups in total. The zero-order valence-corrected chi connectivity index (χ0v) is 11.1. The number of aryl methyl sites for hydroxylation is 1. The number of carboxylic acids is 1. The summed E-state index contributed by atoms with van der Waals surface area (Å²) in [7, 11) is 0. The number of hydrogen-bond acceptors (Lipinski definition) is 4. The van der Waals surface area contributed by atoms with Crippen LogP contribution in [-0.4, -0.2) is 33.8 Å². The first-order valence-electron chi connectivity index (χ1n) is 6.68. The van der Waals surface area contributed by atoms with Crippen molar-refractivity contribution >= 4 is 11.7 Å². The average molecular weight is 264 g/mol. The van der Waals surface area contributed by atoms with Gasteiger partial charge in [-0.2, -0.15) is 0 Å². The van der Waals surface area contributed by atoms with E-state index in [1.807, 2.05) is 6.92 Å². The molecule has 0 unspecified atom stereocenters. The number of aliphatic hydroxyl groups is 1. The number of hydrogen-bond donors (Lipinski definition) is 3. The summed E-state index contributed by atoms with van der Waals surface area (Å²) in [4.78, 5) is 15.1. The van der Waals surface area contributed by atoms with Gasteiger partial charge < -0.3 is 15.5 Å². The van der Waals surface area contributed by atoms with E-state index in [1.165, 1.54) is 6.20 Å². The van der Waals surface area contributed by atoms with Gasteiger partial charge in [0.15, 0.2) is 0 Å². The van der Waals surface area contributed by atoms with Crippen LogP contribution in [0.3, 0.4) is 0 Å². The van der Waals surface area contributed by atoms with Gasteiger partial charge in [-0.25, -0.2) is 4.79 Å². The first-order valence-corrected chi connectivity index (χ1v) is 6.68. The lowest BCUT2D eigenvalue weighted by atomic mass is 9.87. The molecular weight excluding hydrogens is 244 g/mol. The summed E-state index contributed by atoms with van der Waals surface area (Å²) in [6, 6.07) is 1.77. The summed E-state index contributed by atoms with van der Waals surface area (Å²) in [5.74, 6) is -0.465. The molecule has 0 radical (unpaired) electrons. The fourth-order valence-corrected chi connectivity index (χ4v) is 2.48. The minimum absolute atomic E-state index is 0.158. The number of nitrogens with one attached hydrogen (secondary N) is 1. The predicted molar refractivity (Wildman–Crippen MR) is 72.4 cm³/mol. The lowest BCUT2D eigenvalue weighted by Gasteiger charge is -2.26. The molecule has 1 heterocycles. The maximum Gasteiger partial charge on any atom is 0.339 e. The highest BCUT2D eigenvalue weighted by Crippen LogP contribution is 2.25. The summed E-state index contributed by atoms with van der Waals surface area (Å²) < 4.78 is 0. The van der Waals surface area contributed by atoms with E-state index in [-0.39, 0.29) is 11.7 Å². The number of carbonyl (C=O) groups is 1. The number of pyridine rings is 1. The number of rotatable bonds is 4. The van der Waals surface area contributed by atoms with E-state index in [0.717, 1.165) is 37.9 Å². The van der Waals surface area contributed by atoms with Gasteiger partial charge in [0.1, 0.15) is 5.56 Å². The molecule has 0 saturated heterocycles. The third-order valence-electron chi connectivity index (χ3n) is 3.67. The molecule has 5 nitrogen and oxygen atoms in total. The summed E-state index contributed by atoms with van der Waals surface area (Å²) in [5, 5.41) is 21.8. The van der Waals surface area contributed by atoms with Crippen molar-refractivity contribution in [3.63, 3.8) is 0 Å². The standard InChI is InChI=1S/C14H20N2O3/c1-9-6-13(12(8-15-9)14(18)19)16-7-10-2-4-11(17)5-3-10/h6,8,10-11,17H,2-5,7H2,1H3,(H,15,16)(H,18,19). The monoisotopic (exact) mass is 264 g/mol. The van der Waals surface area contributed by atoms with Crippen LogP contribution in [0.25, 0.3) is 0 Å². The molecule has 1 fully saturated rings. The highest BCUT2D eigenvalue weighted by atomic mass is 16.4. The minimum atomic E-state index is -0.964. The van der Waals surface area contributed by atoms with Crippen molar-refractivity contribution < 1.29 is 15.0 Å². The maximum absolute atomic E-state index is 11.1. The zero-order valence-electron chi connectivity index (χ0n) is 11.1. The third-order valence-corrected chi connectivity index (χ3v) is 3.67. The molecule has 1 aliphatic rings. The number of anilines is 1. The second kappa shape index (κ2) is 6.02. The molecule has 2 rings (SSSR count). The summed E-state index contributed by atoms with van der Waals surface area (Å²) >= 11 is 0. The van der Waals surface area contributed by atoms with Crippen molar-refractivity contribution in [1.82, 2.24) is 4.98 Å². The third kappa shape index (κ3) is 3.67. The second-order valence-corrected chi connectivity index (χ2v) is 5.23. The molecule has 1 aliphatic carbocycles. The first kappa shape index (κ1) is 13.8. The van der Waals surface area contributed by atoms with Crippen LogP contribution < -0.4 is 5.32 Å². The highest BCUT2D eigenvalue weighted by Gasteiger charge is 2.20. The zero-order chi connectivity index (χ0) is 13.8. The van der Waals surface area contributed by atoms with Gasteiger partial charge in [0, 0.05) is 18.4 Å². The fraction of sp³-hybridized carbons (Fsp3) is 0.571. The molecular formula is C14H20N2O3. The number of aromatic nitrogens is 1. The summed E-state index contributed by atoms with van der Waals surface area (Å²) in [6.45, 7) is 2.59. The molecule has 0 aliphatic heterocycles. The van der Waals surface area contributed by atoms with E-state index in [0.29, 0.717) is 11.6 Å². The van der Waals surface area contributed by atoms with Crippen LogP contribution in [0, 0.1) is 12.8 Å². The van der Waals surface area contributed by atoms with Crippen LogP contribution in [0.4, 0.5) is 5.69 Å². The number of carboxylic acid groups (broad SMARTS) is 1. The molecule has 104 valence electrons. The van der Waals surface area contributed by atoms with E-state index in [4.69, 9.17) is 5.11 Å². The molecule has 0 aromatic carbocycles. The molecule has 1 aromatic heterocycles. The van der Waals surface area contributed by atoms with Crippen LogP contribution in [0.15, 0.2) is 12.3 Å². The first-order chi connectivity index (χ1) is 9.06. The molecule has 0 bridgehead atoms. The second-order valence-electron chi connectivity index (χ2n) is 5.23. The molecule has 0 spiro atoms. The molecule has 1 aromatic rings. The van der Waals surface area contributed by atoms with Crippen molar-refractivity contribution in [2.75, 3.05) is 11.9 Å². The highest BCUT2D eigenvalue weighted by molar-refractivity contribution is 5.93. The van der Waals surface area contributed by atoms with Gasteiger partial charge >= 0.3 is 5.97 Å². The summed E-state index contributed by atoms with van der Waals surface area (Å²) in [5.41, 5.74) is 1.64. The molecule has 19 heavy (non-hydrogen) atoms. The van der Waals surface area contributed by atoms with Crippen LogP contribution in [0.1, 0.15) is 41.7 Å². The van der Waals surface area contributed by atoms with Crippen molar-refractivity contribution in [3.8, 4) is 0 Å². The van der Waals surface area contributed by atoms with E-state index >= 15 is 0 Å². The topological polar surface area (TPSA) is 82.5 Å². The molecule has 5 heteroatoms. The van der Waals surface area contributed by atoms with Crippen molar-refractivity contribution in [2.24, 2.45) is 5.92 Å². The van der Waals surface area contributed by atoms with Gasteiger partial charge in [-0.15, -0.1) is 0 Å². The number of aliphatic hydroxyl groups excluding tert-OH is 1. The molecule has 1 saturated carbocycles. The lowest BCUT2D eigenvalue weighted by molar-refractivity contribution is 0.0697. The Labute approximate surface area is 112 Å². The quantitative estimate of drug-likeness (QED) is 0.775. The van der Waals surface area contributed by atoms with Gasteiger partial charge in [-0.3, -0.25) is 4.98 Å². The van der Waals surface area contributed by atoms with Gasteiger partial charge in [-0.1, -0.05) is 0 Å². The number of nitrogens with zero attached hydrogens (tertiary/aromatic N) is 1. The molecule has 0 atom stereocenters. The van der Waals surface area contributed by atoms with E-state index in [2.05, 4.69) is 10.3 Å². The molecule has 0 amide bonds. The predicted octanol–water partition coefficient (Wildman–Crippen LogP) is 2.05. The summed E-state index contributed by atoms with van der Waals surface area (Å²) in [6.07, 6.45) is 4.89. The largest absolute Gasteiger partial charge is 0.478 e. The Hall–Kier alpha value is -1.62. The Kier molecular flexibility index (Phi) is 4.37. The Bertz CT molecular complexity index is 454. The van der Waals surface area contributed by atoms with Crippen LogP contribution in [0.2, 0.25) is 0 Å². The maximum atomic E-state index is 11.1. The van der Waals surface area contributed by atoms with E-state index < -0.39 is 5.97 Å². The van der Waals surface area contributed by atoms with Gasteiger partial charge in [-0.05, 0) is 44.6 Å². The van der Waals surface area contributed by atoms with Crippen molar-refractivity contribution in [3.05, 3.63) is 23.5 Å². The van der Waals surface area contributed by atoms with Crippen molar-refractivity contribution in [1.29, 1.82) is 0 Å². The average Bonchev–Trinajstić information content (AvgIpc) is 2.38. The smallest absolute Gasteiger partial charge is 0.339 e. The Morgan fingerprint density at radius 1 is 1.42 bits per heavy atom. The van der Waals surface area contributed by atoms with Gasteiger partial charge in [0.05, 0.1) is 11.8 Å². The van der Waals surface area contributed by atoms with Crippen molar-refractivity contribution in [2.45, 2.75) is 38.7 Å². The van der Waals surface area contributed by atoms with Gasteiger partial charge in [0.25, 0.3) is 0 Å².